The number of hydrogen-bond acceptors (Lipinski definition) is 3. The van der Waals surface area contributed by atoms with Crippen LogP contribution in [0.15, 0.2) is 0 Å². The maximum Gasteiger partial charge on any atom is 0.237 e. The lowest BCUT2D eigenvalue weighted by molar-refractivity contribution is -0.124. The molecule has 2 atom stereocenters. The van der Waals surface area contributed by atoms with E-state index in [1.54, 1.807) is 6.92 Å². The molecule has 1 rings (SSSR count). The third-order valence-corrected chi connectivity index (χ3v) is 2.20. The summed E-state index contributed by atoms with van der Waals surface area (Å²) in [4.78, 5) is 11.4. The van der Waals surface area contributed by atoms with Gasteiger partial charge in [0.1, 0.15) is 0 Å². The molecule has 4 nitrogen and oxygen atoms in total. The Labute approximate surface area is 78.7 Å². The highest BCUT2D eigenvalue weighted by Crippen LogP contribution is 2.06. The molecule has 0 unspecified atom stereocenters. The fourth-order valence-electron chi connectivity index (χ4n) is 1.45. The number of piperidine rings is 1. The average molecular weight is 186 g/mol. The number of amides is 1. The molecular formula is C9H18N2O2. The summed E-state index contributed by atoms with van der Waals surface area (Å²) in [5.74, 6) is 0.0144. The lowest BCUT2D eigenvalue weighted by Gasteiger charge is -2.22. The number of rotatable bonds is 3. The van der Waals surface area contributed by atoms with Crippen molar-refractivity contribution in [2.24, 2.45) is 0 Å². The smallest absolute Gasteiger partial charge is 0.237 e. The number of hydrogen-bond donors (Lipinski definition) is 3. The van der Waals surface area contributed by atoms with Crippen LogP contribution >= 0.6 is 0 Å². The van der Waals surface area contributed by atoms with Gasteiger partial charge < -0.3 is 15.7 Å². The summed E-state index contributed by atoms with van der Waals surface area (Å²) < 4.78 is 0. The Hall–Kier alpha value is -0.610. The second-order valence-electron chi connectivity index (χ2n) is 3.60. The van der Waals surface area contributed by atoms with Crippen LogP contribution in [-0.4, -0.2) is 36.2 Å². The first-order valence-corrected chi connectivity index (χ1v) is 4.89. The first kappa shape index (κ1) is 10.5. The Balaban J connectivity index is 2.21. The van der Waals surface area contributed by atoms with E-state index in [2.05, 4.69) is 10.6 Å². The van der Waals surface area contributed by atoms with Gasteiger partial charge in [-0.25, -0.2) is 0 Å². The molecule has 0 radical (unpaired) electrons. The number of nitrogens with one attached hydrogen (secondary N) is 2. The van der Waals surface area contributed by atoms with Crippen molar-refractivity contribution < 1.29 is 9.90 Å². The first-order chi connectivity index (χ1) is 6.20. The zero-order valence-electron chi connectivity index (χ0n) is 8.05. The Morgan fingerprint density at radius 2 is 2.46 bits per heavy atom. The molecule has 1 aliphatic heterocycles. The number of carbonyl (C=O) groups excluding carboxylic acids is 1. The van der Waals surface area contributed by atoms with E-state index in [9.17, 15) is 4.79 Å². The summed E-state index contributed by atoms with van der Waals surface area (Å²) >= 11 is 0. The largest absolute Gasteiger partial charge is 0.392 e. The molecule has 1 heterocycles. The zero-order valence-corrected chi connectivity index (χ0v) is 8.05. The standard InChI is InChI=1S/C9H18N2O2/c1-7(12)6-11-9(13)8-4-2-3-5-10-8/h7-8,10,12H,2-6H2,1H3,(H,11,13)/t7-,8-/m1/s1. The summed E-state index contributed by atoms with van der Waals surface area (Å²) in [6, 6.07) is -0.0486. The van der Waals surface area contributed by atoms with Gasteiger partial charge in [0.2, 0.25) is 5.91 Å². The van der Waals surface area contributed by atoms with Gasteiger partial charge in [0.25, 0.3) is 0 Å². The molecule has 0 aliphatic carbocycles. The van der Waals surface area contributed by atoms with Crippen molar-refractivity contribution in [2.45, 2.75) is 38.3 Å². The average Bonchev–Trinajstić information content (AvgIpc) is 2.15. The van der Waals surface area contributed by atoms with Gasteiger partial charge in [0, 0.05) is 6.54 Å². The first-order valence-electron chi connectivity index (χ1n) is 4.89. The van der Waals surface area contributed by atoms with Crippen LogP contribution < -0.4 is 10.6 Å². The number of aliphatic hydroxyl groups is 1. The van der Waals surface area contributed by atoms with Crippen molar-refractivity contribution in [3.63, 3.8) is 0 Å². The van der Waals surface area contributed by atoms with Gasteiger partial charge in [-0.2, -0.15) is 0 Å². The Kier molecular flexibility index (Phi) is 4.18. The summed E-state index contributed by atoms with van der Waals surface area (Å²) in [7, 11) is 0. The topological polar surface area (TPSA) is 61.4 Å². The molecule has 76 valence electrons. The molecule has 1 amide bonds. The zero-order chi connectivity index (χ0) is 9.68. The van der Waals surface area contributed by atoms with Crippen LogP contribution in [0.5, 0.6) is 0 Å². The summed E-state index contributed by atoms with van der Waals surface area (Å²) in [6.07, 6.45) is 2.71. The van der Waals surface area contributed by atoms with E-state index >= 15 is 0 Å². The Bertz CT molecular complexity index is 165. The molecular weight excluding hydrogens is 168 g/mol. The molecule has 0 bridgehead atoms. The second kappa shape index (κ2) is 5.19. The predicted molar refractivity (Wildman–Crippen MR) is 50.3 cm³/mol. The van der Waals surface area contributed by atoms with Crippen molar-refractivity contribution >= 4 is 5.91 Å². The third kappa shape index (κ3) is 3.74. The molecule has 1 aliphatic rings. The van der Waals surface area contributed by atoms with Crippen LogP contribution in [0.2, 0.25) is 0 Å². The van der Waals surface area contributed by atoms with Gasteiger partial charge in [-0.15, -0.1) is 0 Å². The lowest BCUT2D eigenvalue weighted by Crippen LogP contribution is -2.47. The third-order valence-electron chi connectivity index (χ3n) is 2.20. The van der Waals surface area contributed by atoms with Crippen LogP contribution in [0.4, 0.5) is 0 Å². The van der Waals surface area contributed by atoms with Crippen LogP contribution in [0.1, 0.15) is 26.2 Å². The fraction of sp³-hybridized carbons (Fsp3) is 0.889. The monoisotopic (exact) mass is 186 g/mol. The van der Waals surface area contributed by atoms with Gasteiger partial charge in [-0.05, 0) is 26.3 Å². The van der Waals surface area contributed by atoms with Gasteiger partial charge in [0.05, 0.1) is 12.1 Å². The highest BCUT2D eigenvalue weighted by atomic mass is 16.3. The van der Waals surface area contributed by atoms with Crippen molar-refractivity contribution in [3.8, 4) is 0 Å². The molecule has 0 spiro atoms. The molecule has 0 aromatic rings. The maximum atomic E-state index is 11.4. The molecule has 1 saturated heterocycles. The van der Waals surface area contributed by atoms with Crippen molar-refractivity contribution in [3.05, 3.63) is 0 Å². The van der Waals surface area contributed by atoms with E-state index in [0.717, 1.165) is 25.8 Å². The highest BCUT2D eigenvalue weighted by molar-refractivity contribution is 5.81. The molecule has 0 saturated carbocycles. The van der Waals surface area contributed by atoms with Crippen LogP contribution in [0, 0.1) is 0 Å². The number of aliphatic hydroxyl groups excluding tert-OH is 1. The summed E-state index contributed by atoms with van der Waals surface area (Å²) in [5.41, 5.74) is 0. The van der Waals surface area contributed by atoms with Gasteiger partial charge in [-0.1, -0.05) is 6.42 Å². The summed E-state index contributed by atoms with van der Waals surface area (Å²) in [5, 5.41) is 14.8. The van der Waals surface area contributed by atoms with E-state index in [4.69, 9.17) is 5.11 Å². The molecule has 1 fully saturated rings. The predicted octanol–water partition coefficient (Wildman–Crippen LogP) is -0.374. The minimum Gasteiger partial charge on any atom is -0.392 e. The Morgan fingerprint density at radius 1 is 1.69 bits per heavy atom. The van der Waals surface area contributed by atoms with Crippen LogP contribution in [-0.2, 0) is 4.79 Å². The van der Waals surface area contributed by atoms with Crippen molar-refractivity contribution in [1.82, 2.24) is 10.6 Å². The van der Waals surface area contributed by atoms with E-state index in [-0.39, 0.29) is 11.9 Å². The minimum absolute atomic E-state index is 0.0144. The van der Waals surface area contributed by atoms with E-state index < -0.39 is 6.10 Å². The summed E-state index contributed by atoms with van der Waals surface area (Å²) in [6.45, 7) is 2.93. The molecule has 13 heavy (non-hydrogen) atoms. The molecule has 3 N–H and O–H groups in total. The number of carbonyl (C=O) groups is 1. The quantitative estimate of drug-likeness (QED) is 0.563. The second-order valence-corrected chi connectivity index (χ2v) is 3.60. The Morgan fingerprint density at radius 3 is 3.00 bits per heavy atom. The SMILES string of the molecule is C[C@@H](O)CNC(=O)[C@H]1CCCCN1. The van der Waals surface area contributed by atoms with Gasteiger partial charge >= 0.3 is 0 Å². The van der Waals surface area contributed by atoms with Crippen LogP contribution in [0.25, 0.3) is 0 Å². The van der Waals surface area contributed by atoms with Gasteiger partial charge in [0.15, 0.2) is 0 Å². The van der Waals surface area contributed by atoms with E-state index in [1.165, 1.54) is 0 Å². The van der Waals surface area contributed by atoms with Crippen LogP contribution in [0.3, 0.4) is 0 Å². The lowest BCUT2D eigenvalue weighted by atomic mass is 10.0. The highest BCUT2D eigenvalue weighted by Gasteiger charge is 2.19. The molecule has 0 aromatic carbocycles. The molecule has 0 aromatic heterocycles. The van der Waals surface area contributed by atoms with Crippen molar-refractivity contribution in [2.75, 3.05) is 13.1 Å². The normalized spacial score (nSPS) is 25.2. The van der Waals surface area contributed by atoms with E-state index in [0.29, 0.717) is 6.54 Å². The minimum atomic E-state index is -0.465. The van der Waals surface area contributed by atoms with Gasteiger partial charge in [-0.3, -0.25) is 4.79 Å². The fourth-order valence-corrected chi connectivity index (χ4v) is 1.45. The van der Waals surface area contributed by atoms with Crippen molar-refractivity contribution in [1.29, 1.82) is 0 Å². The maximum absolute atomic E-state index is 11.4. The van der Waals surface area contributed by atoms with E-state index in [1.807, 2.05) is 0 Å². The molecule has 4 heteroatoms.